The van der Waals surface area contributed by atoms with Crippen molar-refractivity contribution < 1.29 is 14.4 Å². The van der Waals surface area contributed by atoms with Crippen LogP contribution in [-0.2, 0) is 16.1 Å². The molecule has 0 aromatic heterocycles. The van der Waals surface area contributed by atoms with Gasteiger partial charge in [0.15, 0.2) is 0 Å². The van der Waals surface area contributed by atoms with Crippen LogP contribution < -0.4 is 10.2 Å². The number of nitrogens with one attached hydrogen (secondary N) is 1. The zero-order valence-electron chi connectivity index (χ0n) is 10.6. The molecule has 0 saturated heterocycles. The third-order valence-electron chi connectivity index (χ3n) is 2.54. The number of hydroxylamine groups is 1. The summed E-state index contributed by atoms with van der Waals surface area (Å²) in [5.74, 6) is 0.809. The third kappa shape index (κ3) is 4.44. The maximum Gasteiger partial charge on any atom is 0.243 e. The lowest BCUT2D eigenvalue weighted by Gasteiger charge is -2.07. The van der Waals surface area contributed by atoms with Gasteiger partial charge in [-0.3, -0.25) is 9.63 Å². The van der Waals surface area contributed by atoms with Crippen molar-refractivity contribution >= 4 is 5.91 Å². The molecule has 0 bridgehead atoms. The van der Waals surface area contributed by atoms with Gasteiger partial charge in [0.25, 0.3) is 0 Å². The van der Waals surface area contributed by atoms with Crippen LogP contribution in [0.25, 0.3) is 0 Å². The molecule has 0 fully saturated rings. The van der Waals surface area contributed by atoms with Gasteiger partial charge in [-0.05, 0) is 37.0 Å². The summed E-state index contributed by atoms with van der Waals surface area (Å²) in [5.41, 5.74) is 4.64. The largest absolute Gasteiger partial charge is 0.496 e. The lowest BCUT2D eigenvalue weighted by Crippen LogP contribution is -2.21. The molecular weight excluding hydrogens is 218 g/mol. The molecule has 0 heterocycles. The molecule has 17 heavy (non-hydrogen) atoms. The number of aryl methyl sites for hydroxylation is 2. The number of amides is 1. The van der Waals surface area contributed by atoms with Crippen molar-refractivity contribution in [3.05, 3.63) is 29.3 Å². The van der Waals surface area contributed by atoms with E-state index >= 15 is 0 Å². The molecule has 0 radical (unpaired) electrons. The van der Waals surface area contributed by atoms with Gasteiger partial charge in [0.1, 0.15) is 5.75 Å². The molecule has 0 aliphatic heterocycles. The number of rotatable bonds is 6. The van der Waals surface area contributed by atoms with E-state index in [0.29, 0.717) is 6.42 Å². The third-order valence-corrected chi connectivity index (χ3v) is 2.54. The summed E-state index contributed by atoms with van der Waals surface area (Å²) in [6.45, 7) is 2.01. The van der Waals surface area contributed by atoms with Crippen molar-refractivity contribution in [2.24, 2.45) is 0 Å². The maximum atomic E-state index is 11.1. The van der Waals surface area contributed by atoms with Crippen LogP contribution in [0.4, 0.5) is 0 Å². The van der Waals surface area contributed by atoms with E-state index in [-0.39, 0.29) is 5.91 Å². The van der Waals surface area contributed by atoms with E-state index in [9.17, 15) is 4.79 Å². The minimum absolute atomic E-state index is 0.0854. The molecule has 1 aromatic rings. The van der Waals surface area contributed by atoms with Crippen LogP contribution in [0, 0.1) is 6.92 Å². The van der Waals surface area contributed by atoms with Gasteiger partial charge in [0.2, 0.25) is 5.91 Å². The molecule has 1 amide bonds. The lowest BCUT2D eigenvalue weighted by atomic mass is 10.1. The van der Waals surface area contributed by atoms with Crippen molar-refractivity contribution in [2.45, 2.75) is 26.2 Å². The van der Waals surface area contributed by atoms with E-state index in [1.54, 1.807) is 7.11 Å². The van der Waals surface area contributed by atoms with Gasteiger partial charge in [-0.25, -0.2) is 5.48 Å². The summed E-state index contributed by atoms with van der Waals surface area (Å²) < 4.78 is 5.19. The van der Waals surface area contributed by atoms with E-state index in [1.807, 2.05) is 19.1 Å². The van der Waals surface area contributed by atoms with E-state index < -0.39 is 0 Å². The summed E-state index contributed by atoms with van der Waals surface area (Å²) in [6.07, 6.45) is 2.15. The van der Waals surface area contributed by atoms with Gasteiger partial charge in [-0.15, -0.1) is 0 Å². The Morgan fingerprint density at radius 1 is 1.35 bits per heavy atom. The second-order valence-corrected chi connectivity index (χ2v) is 3.89. The maximum absolute atomic E-state index is 11.1. The highest BCUT2D eigenvalue weighted by Crippen LogP contribution is 2.19. The number of methoxy groups -OCH3 is 1. The second kappa shape index (κ2) is 6.91. The fourth-order valence-electron chi connectivity index (χ4n) is 1.71. The Labute approximate surface area is 102 Å². The molecular formula is C13H19NO3. The smallest absolute Gasteiger partial charge is 0.243 e. The zero-order chi connectivity index (χ0) is 12.7. The van der Waals surface area contributed by atoms with E-state index in [4.69, 9.17) is 4.74 Å². The van der Waals surface area contributed by atoms with Gasteiger partial charge in [-0.1, -0.05) is 12.1 Å². The van der Waals surface area contributed by atoms with Crippen molar-refractivity contribution in [2.75, 3.05) is 14.2 Å². The minimum Gasteiger partial charge on any atom is -0.496 e. The topological polar surface area (TPSA) is 47.6 Å². The predicted molar refractivity (Wildman–Crippen MR) is 65.8 cm³/mol. The quantitative estimate of drug-likeness (QED) is 0.770. The molecule has 0 atom stereocenters. The lowest BCUT2D eigenvalue weighted by molar-refractivity contribution is -0.131. The Balaban J connectivity index is 2.42. The van der Waals surface area contributed by atoms with Gasteiger partial charge in [0.05, 0.1) is 14.2 Å². The van der Waals surface area contributed by atoms with Gasteiger partial charge in [0, 0.05) is 6.42 Å². The molecule has 0 aliphatic rings. The minimum atomic E-state index is -0.0854. The van der Waals surface area contributed by atoms with Crippen molar-refractivity contribution in [1.29, 1.82) is 0 Å². The first kappa shape index (κ1) is 13.5. The van der Waals surface area contributed by atoms with Crippen molar-refractivity contribution in [3.8, 4) is 5.75 Å². The van der Waals surface area contributed by atoms with E-state index in [0.717, 1.165) is 24.2 Å². The molecule has 94 valence electrons. The van der Waals surface area contributed by atoms with Crippen molar-refractivity contribution in [3.63, 3.8) is 0 Å². The number of hydrogen-bond donors (Lipinski definition) is 1. The molecule has 1 rings (SSSR count). The Hall–Kier alpha value is -1.55. The normalized spacial score (nSPS) is 10.1. The monoisotopic (exact) mass is 237 g/mol. The second-order valence-electron chi connectivity index (χ2n) is 3.89. The summed E-state index contributed by atoms with van der Waals surface area (Å²) in [6, 6.07) is 6.08. The highest BCUT2D eigenvalue weighted by Gasteiger charge is 2.03. The van der Waals surface area contributed by atoms with Gasteiger partial charge >= 0.3 is 0 Å². The highest BCUT2D eigenvalue weighted by molar-refractivity contribution is 5.74. The summed E-state index contributed by atoms with van der Waals surface area (Å²) in [5, 5.41) is 0. The molecule has 1 aromatic carbocycles. The number of hydrogen-bond acceptors (Lipinski definition) is 3. The van der Waals surface area contributed by atoms with Crippen LogP contribution in [0.3, 0.4) is 0 Å². The van der Waals surface area contributed by atoms with Crippen molar-refractivity contribution in [1.82, 2.24) is 5.48 Å². The summed E-state index contributed by atoms with van der Waals surface area (Å²) in [7, 11) is 3.10. The van der Waals surface area contributed by atoms with Crippen LogP contribution in [0.2, 0.25) is 0 Å². The predicted octanol–water partition coefficient (Wildman–Crippen LogP) is 2.00. The fourth-order valence-corrected chi connectivity index (χ4v) is 1.71. The average molecular weight is 237 g/mol. The summed E-state index contributed by atoms with van der Waals surface area (Å²) >= 11 is 0. The van der Waals surface area contributed by atoms with E-state index in [2.05, 4.69) is 16.4 Å². The highest BCUT2D eigenvalue weighted by atomic mass is 16.6. The number of benzene rings is 1. The first-order valence-corrected chi connectivity index (χ1v) is 5.62. The van der Waals surface area contributed by atoms with Gasteiger partial charge < -0.3 is 4.74 Å². The molecule has 0 saturated carbocycles. The molecule has 0 spiro atoms. The molecule has 1 N–H and O–H groups in total. The Bertz CT molecular complexity index is 377. The molecule has 0 aliphatic carbocycles. The number of carbonyl (C=O) groups is 1. The standard InChI is InChI=1S/C13H19NO3/c1-10-9-11(7-8-12(10)16-2)5-4-6-13(15)14-17-3/h7-9H,4-6H2,1-3H3,(H,14,15). The van der Waals surface area contributed by atoms with E-state index in [1.165, 1.54) is 12.7 Å². The van der Waals surface area contributed by atoms with Crippen LogP contribution in [-0.4, -0.2) is 20.1 Å². The van der Waals surface area contributed by atoms with Crippen LogP contribution in [0.15, 0.2) is 18.2 Å². The SMILES string of the molecule is CONC(=O)CCCc1ccc(OC)c(C)c1. The average Bonchev–Trinajstić information content (AvgIpc) is 2.29. The zero-order valence-corrected chi connectivity index (χ0v) is 10.6. The van der Waals surface area contributed by atoms with Crippen LogP contribution in [0.5, 0.6) is 5.75 Å². The Morgan fingerprint density at radius 2 is 2.12 bits per heavy atom. The Kier molecular flexibility index (Phi) is 5.49. The first-order valence-electron chi connectivity index (χ1n) is 5.62. The molecule has 0 unspecified atom stereocenters. The summed E-state index contributed by atoms with van der Waals surface area (Å²) in [4.78, 5) is 15.7. The van der Waals surface area contributed by atoms with Gasteiger partial charge in [-0.2, -0.15) is 0 Å². The van der Waals surface area contributed by atoms with Crippen LogP contribution in [0.1, 0.15) is 24.0 Å². The number of carbonyl (C=O) groups excluding carboxylic acids is 1. The molecule has 4 heteroatoms. The molecule has 4 nitrogen and oxygen atoms in total. The number of ether oxygens (including phenoxy) is 1. The first-order chi connectivity index (χ1) is 8.17. The Morgan fingerprint density at radius 3 is 2.71 bits per heavy atom. The fraction of sp³-hybridized carbons (Fsp3) is 0.462. The van der Waals surface area contributed by atoms with Crippen LogP contribution >= 0.6 is 0 Å².